The molecule has 0 aliphatic rings. The molecule has 0 saturated heterocycles. The lowest BCUT2D eigenvalue weighted by Crippen LogP contribution is -2.12. The average molecular weight is 240 g/mol. The molecule has 7 nitrogen and oxygen atoms in total. The summed E-state index contributed by atoms with van der Waals surface area (Å²) >= 11 is 0. The first-order valence-electron chi connectivity index (χ1n) is 5.36. The molecule has 4 N–H and O–H groups in total. The van der Waals surface area contributed by atoms with Crippen molar-refractivity contribution in [2.45, 2.75) is 25.8 Å². The number of carboxylic acids is 1. The number of hydrogen-bond acceptors (Lipinski definition) is 4. The van der Waals surface area contributed by atoms with Gasteiger partial charge in [-0.2, -0.15) is 5.10 Å². The third kappa shape index (κ3) is 5.12. The number of anilines is 1. The molecular weight excluding hydrogens is 224 g/mol. The van der Waals surface area contributed by atoms with Crippen molar-refractivity contribution in [3.05, 3.63) is 12.4 Å². The summed E-state index contributed by atoms with van der Waals surface area (Å²) in [6.45, 7) is 0.354. The van der Waals surface area contributed by atoms with Crippen LogP contribution in [0.3, 0.4) is 0 Å². The molecule has 94 valence electrons. The summed E-state index contributed by atoms with van der Waals surface area (Å²) in [5.74, 6) is -1.10. The molecule has 0 radical (unpaired) electrons. The van der Waals surface area contributed by atoms with Crippen LogP contribution in [0.25, 0.3) is 0 Å². The number of amides is 1. The van der Waals surface area contributed by atoms with Gasteiger partial charge in [0.15, 0.2) is 0 Å². The lowest BCUT2D eigenvalue weighted by molar-refractivity contribution is -0.137. The Labute approximate surface area is 98.6 Å². The molecule has 0 aliphatic heterocycles. The highest BCUT2D eigenvalue weighted by atomic mass is 16.4. The molecule has 0 unspecified atom stereocenters. The third-order valence-electron chi connectivity index (χ3n) is 2.07. The van der Waals surface area contributed by atoms with Crippen LogP contribution in [0.4, 0.5) is 5.69 Å². The predicted octanol–water partition coefficient (Wildman–Crippen LogP) is 0.0352. The van der Waals surface area contributed by atoms with Crippen LogP contribution in [0.5, 0.6) is 0 Å². The zero-order valence-electron chi connectivity index (χ0n) is 9.43. The van der Waals surface area contributed by atoms with E-state index in [4.69, 9.17) is 10.8 Å². The van der Waals surface area contributed by atoms with Crippen LogP contribution in [-0.2, 0) is 16.1 Å². The number of nitrogens with two attached hydrogens (primary N) is 1. The van der Waals surface area contributed by atoms with Crippen LogP contribution >= 0.6 is 0 Å². The lowest BCUT2D eigenvalue weighted by Gasteiger charge is -2.01. The van der Waals surface area contributed by atoms with Crippen LogP contribution in [0, 0.1) is 0 Å². The number of carbonyl (C=O) groups is 2. The van der Waals surface area contributed by atoms with Gasteiger partial charge in [-0.25, -0.2) is 0 Å². The van der Waals surface area contributed by atoms with Crippen molar-refractivity contribution in [3.63, 3.8) is 0 Å². The van der Waals surface area contributed by atoms with Crippen molar-refractivity contribution in [1.29, 1.82) is 0 Å². The molecular formula is C10H16N4O3. The van der Waals surface area contributed by atoms with Gasteiger partial charge in [0.05, 0.1) is 11.9 Å². The second-order valence-electron chi connectivity index (χ2n) is 3.61. The Morgan fingerprint density at radius 1 is 1.47 bits per heavy atom. The molecule has 1 aromatic rings. The van der Waals surface area contributed by atoms with Crippen molar-refractivity contribution in [2.75, 3.05) is 11.9 Å². The average Bonchev–Trinajstić information content (AvgIpc) is 2.64. The van der Waals surface area contributed by atoms with E-state index >= 15 is 0 Å². The Bertz CT molecular complexity index is 389. The first-order valence-corrected chi connectivity index (χ1v) is 5.36. The number of aliphatic carboxylic acids is 1. The number of hydrogen-bond donors (Lipinski definition) is 3. The summed E-state index contributed by atoms with van der Waals surface area (Å²) in [7, 11) is 0. The highest BCUT2D eigenvalue weighted by Crippen LogP contribution is 2.06. The predicted molar refractivity (Wildman–Crippen MR) is 61.4 cm³/mol. The van der Waals surface area contributed by atoms with E-state index < -0.39 is 5.97 Å². The summed E-state index contributed by atoms with van der Waals surface area (Å²) in [6.07, 6.45) is 4.86. The summed E-state index contributed by atoms with van der Waals surface area (Å²) in [5, 5.41) is 15.0. The van der Waals surface area contributed by atoms with E-state index in [-0.39, 0.29) is 12.5 Å². The second-order valence-corrected chi connectivity index (χ2v) is 3.61. The van der Waals surface area contributed by atoms with Gasteiger partial charge in [0.25, 0.3) is 0 Å². The number of nitrogens with zero attached hydrogens (tertiary/aromatic N) is 2. The van der Waals surface area contributed by atoms with Gasteiger partial charge in [-0.3, -0.25) is 14.3 Å². The highest BCUT2D eigenvalue weighted by molar-refractivity contribution is 5.90. The van der Waals surface area contributed by atoms with E-state index in [2.05, 4.69) is 10.4 Å². The molecule has 0 fully saturated rings. The molecule has 1 rings (SSSR count). The van der Waals surface area contributed by atoms with Gasteiger partial charge in [0, 0.05) is 12.6 Å². The maximum Gasteiger partial charge on any atom is 0.325 e. The number of aromatic nitrogens is 2. The SMILES string of the molecule is NCCCCC(=O)Nc1cnn(CC(=O)O)c1. The van der Waals surface area contributed by atoms with E-state index in [0.29, 0.717) is 18.7 Å². The Morgan fingerprint density at radius 2 is 2.24 bits per heavy atom. The van der Waals surface area contributed by atoms with Gasteiger partial charge in [0.1, 0.15) is 6.54 Å². The number of unbranched alkanes of at least 4 members (excludes halogenated alkanes) is 1. The minimum Gasteiger partial charge on any atom is -0.480 e. The van der Waals surface area contributed by atoms with Crippen LogP contribution in [0.15, 0.2) is 12.4 Å². The van der Waals surface area contributed by atoms with Crippen LogP contribution < -0.4 is 11.1 Å². The van der Waals surface area contributed by atoms with Gasteiger partial charge in [-0.05, 0) is 19.4 Å². The minimum absolute atomic E-state index is 0.117. The number of carbonyl (C=O) groups excluding carboxylic acids is 1. The van der Waals surface area contributed by atoms with Gasteiger partial charge in [0.2, 0.25) is 5.91 Å². The largest absolute Gasteiger partial charge is 0.480 e. The Kier molecular flexibility index (Phi) is 5.15. The number of nitrogens with one attached hydrogen (secondary N) is 1. The molecule has 0 saturated carbocycles. The Balaban J connectivity index is 2.38. The quantitative estimate of drug-likeness (QED) is 0.582. The molecule has 1 amide bonds. The normalized spacial score (nSPS) is 10.2. The zero-order valence-corrected chi connectivity index (χ0v) is 9.43. The van der Waals surface area contributed by atoms with Gasteiger partial charge < -0.3 is 16.2 Å². The van der Waals surface area contributed by atoms with Gasteiger partial charge in [-0.1, -0.05) is 0 Å². The maximum absolute atomic E-state index is 11.4. The van der Waals surface area contributed by atoms with E-state index in [1.807, 2.05) is 0 Å². The third-order valence-corrected chi connectivity index (χ3v) is 2.07. The van der Waals surface area contributed by atoms with Crippen molar-refractivity contribution in [2.24, 2.45) is 5.73 Å². The van der Waals surface area contributed by atoms with Crippen LogP contribution in [0.1, 0.15) is 19.3 Å². The van der Waals surface area contributed by atoms with Gasteiger partial charge in [-0.15, -0.1) is 0 Å². The molecule has 0 atom stereocenters. The minimum atomic E-state index is -0.978. The Hall–Kier alpha value is -1.89. The molecule has 0 bridgehead atoms. The standard InChI is InChI=1S/C10H16N4O3/c11-4-2-1-3-9(15)13-8-5-12-14(6-8)7-10(16)17/h5-6H,1-4,7,11H2,(H,13,15)(H,16,17). The fraction of sp³-hybridized carbons (Fsp3) is 0.500. The molecule has 17 heavy (non-hydrogen) atoms. The van der Waals surface area contributed by atoms with Crippen molar-refractivity contribution < 1.29 is 14.7 Å². The molecule has 7 heteroatoms. The highest BCUT2D eigenvalue weighted by Gasteiger charge is 2.05. The van der Waals surface area contributed by atoms with Crippen molar-refractivity contribution >= 4 is 17.6 Å². The number of rotatable bonds is 7. The fourth-order valence-electron chi connectivity index (χ4n) is 1.31. The van der Waals surface area contributed by atoms with Gasteiger partial charge >= 0.3 is 5.97 Å². The summed E-state index contributed by atoms with van der Waals surface area (Å²) < 4.78 is 1.25. The van der Waals surface area contributed by atoms with E-state index in [0.717, 1.165) is 12.8 Å². The topological polar surface area (TPSA) is 110 Å². The molecule has 0 spiro atoms. The maximum atomic E-state index is 11.4. The smallest absolute Gasteiger partial charge is 0.325 e. The Morgan fingerprint density at radius 3 is 2.88 bits per heavy atom. The van der Waals surface area contributed by atoms with Crippen molar-refractivity contribution in [3.8, 4) is 0 Å². The molecule has 0 aromatic carbocycles. The first-order chi connectivity index (χ1) is 8.11. The summed E-state index contributed by atoms with van der Waals surface area (Å²) in [6, 6.07) is 0. The molecule has 1 aromatic heterocycles. The van der Waals surface area contributed by atoms with Crippen molar-refractivity contribution in [1.82, 2.24) is 9.78 Å². The molecule has 1 heterocycles. The molecule has 0 aliphatic carbocycles. The summed E-state index contributed by atoms with van der Waals surface area (Å²) in [5.41, 5.74) is 5.82. The van der Waals surface area contributed by atoms with E-state index in [1.54, 1.807) is 0 Å². The number of carboxylic acid groups (broad SMARTS) is 1. The second kappa shape index (κ2) is 6.64. The lowest BCUT2D eigenvalue weighted by atomic mass is 10.2. The first kappa shape index (κ1) is 13.2. The van der Waals surface area contributed by atoms with E-state index in [1.165, 1.54) is 17.1 Å². The van der Waals surface area contributed by atoms with Crippen LogP contribution in [-0.4, -0.2) is 33.3 Å². The van der Waals surface area contributed by atoms with E-state index in [9.17, 15) is 9.59 Å². The summed E-state index contributed by atoms with van der Waals surface area (Å²) in [4.78, 5) is 21.8. The monoisotopic (exact) mass is 240 g/mol. The zero-order chi connectivity index (χ0) is 12.7. The fourth-order valence-corrected chi connectivity index (χ4v) is 1.31. The van der Waals surface area contributed by atoms with Crippen LogP contribution in [0.2, 0.25) is 0 Å².